The molecule has 1 aromatic heterocycles. The summed E-state index contributed by atoms with van der Waals surface area (Å²) < 4.78 is 0. The smallest absolute Gasteiger partial charge is 0.230 e. The standard InChI is InChI=1S/C22H18N2O/c25-21(23-17-11-5-2-6-12-17)15-20-22(16-9-3-1-4-10-16)18-13-7-8-14-19(18)24-20/h1-14,24H,15H2,(H,23,25). The highest BCUT2D eigenvalue weighted by Gasteiger charge is 2.15. The SMILES string of the molecule is O=C(Cc1[nH]c2ccccc2c1-c1ccccc1)Nc1ccccc1. The van der Waals surface area contributed by atoms with Gasteiger partial charge >= 0.3 is 0 Å². The Hall–Kier alpha value is -3.33. The van der Waals surface area contributed by atoms with Gasteiger partial charge in [-0.2, -0.15) is 0 Å². The topological polar surface area (TPSA) is 44.9 Å². The molecule has 4 rings (SSSR count). The van der Waals surface area contributed by atoms with Gasteiger partial charge in [0.2, 0.25) is 5.91 Å². The molecular weight excluding hydrogens is 308 g/mol. The van der Waals surface area contributed by atoms with Crippen LogP contribution in [0.2, 0.25) is 0 Å². The van der Waals surface area contributed by atoms with E-state index in [4.69, 9.17) is 0 Å². The molecule has 0 unspecified atom stereocenters. The van der Waals surface area contributed by atoms with Gasteiger partial charge in [-0.1, -0.05) is 66.7 Å². The first-order valence-electron chi connectivity index (χ1n) is 8.31. The largest absolute Gasteiger partial charge is 0.357 e. The Bertz CT molecular complexity index is 1000. The van der Waals surface area contributed by atoms with E-state index in [-0.39, 0.29) is 5.91 Å². The molecule has 1 amide bonds. The minimum Gasteiger partial charge on any atom is -0.357 e. The fourth-order valence-electron chi connectivity index (χ4n) is 3.15. The van der Waals surface area contributed by atoms with E-state index in [9.17, 15) is 4.79 Å². The van der Waals surface area contributed by atoms with E-state index >= 15 is 0 Å². The second-order valence-corrected chi connectivity index (χ2v) is 5.98. The van der Waals surface area contributed by atoms with Gasteiger partial charge in [0.15, 0.2) is 0 Å². The summed E-state index contributed by atoms with van der Waals surface area (Å²) in [7, 11) is 0. The van der Waals surface area contributed by atoms with E-state index < -0.39 is 0 Å². The molecule has 1 heterocycles. The zero-order chi connectivity index (χ0) is 17.1. The first kappa shape index (κ1) is 15.2. The Morgan fingerprint density at radius 1 is 0.800 bits per heavy atom. The van der Waals surface area contributed by atoms with Crippen molar-refractivity contribution in [3.05, 3.63) is 90.6 Å². The average molecular weight is 326 g/mol. The zero-order valence-corrected chi connectivity index (χ0v) is 13.7. The van der Waals surface area contributed by atoms with Crippen molar-refractivity contribution in [3.63, 3.8) is 0 Å². The first-order valence-corrected chi connectivity index (χ1v) is 8.31. The fourth-order valence-corrected chi connectivity index (χ4v) is 3.15. The van der Waals surface area contributed by atoms with Gasteiger partial charge in [-0.25, -0.2) is 0 Å². The molecule has 0 aliphatic rings. The van der Waals surface area contributed by atoms with Gasteiger partial charge in [-0.05, 0) is 23.8 Å². The summed E-state index contributed by atoms with van der Waals surface area (Å²) >= 11 is 0. The summed E-state index contributed by atoms with van der Waals surface area (Å²) in [6.45, 7) is 0. The van der Waals surface area contributed by atoms with Crippen LogP contribution in [-0.2, 0) is 11.2 Å². The first-order chi connectivity index (χ1) is 12.3. The van der Waals surface area contributed by atoms with Crippen molar-refractivity contribution >= 4 is 22.5 Å². The van der Waals surface area contributed by atoms with E-state index in [1.807, 2.05) is 66.7 Å². The summed E-state index contributed by atoms with van der Waals surface area (Å²) in [4.78, 5) is 15.9. The number of hydrogen-bond acceptors (Lipinski definition) is 1. The monoisotopic (exact) mass is 326 g/mol. The Labute approximate surface area is 146 Å². The Balaban J connectivity index is 1.71. The number of anilines is 1. The predicted molar refractivity (Wildman–Crippen MR) is 103 cm³/mol. The van der Waals surface area contributed by atoms with Crippen LogP contribution in [0.25, 0.3) is 22.0 Å². The van der Waals surface area contributed by atoms with E-state index in [1.165, 1.54) is 0 Å². The number of fused-ring (bicyclic) bond motifs is 1. The minimum atomic E-state index is -0.0325. The van der Waals surface area contributed by atoms with Gasteiger partial charge in [0.1, 0.15) is 0 Å². The number of aromatic amines is 1. The van der Waals surface area contributed by atoms with E-state index in [0.717, 1.165) is 33.4 Å². The molecule has 0 saturated carbocycles. The van der Waals surface area contributed by atoms with E-state index in [0.29, 0.717) is 6.42 Å². The number of carbonyl (C=O) groups is 1. The van der Waals surface area contributed by atoms with Gasteiger partial charge in [0.25, 0.3) is 0 Å². The molecule has 122 valence electrons. The molecule has 0 saturated heterocycles. The van der Waals surface area contributed by atoms with Crippen molar-refractivity contribution in [1.29, 1.82) is 0 Å². The number of H-pyrrole nitrogens is 1. The number of aromatic nitrogens is 1. The molecule has 25 heavy (non-hydrogen) atoms. The van der Waals surface area contributed by atoms with Crippen LogP contribution < -0.4 is 5.32 Å². The summed E-state index contributed by atoms with van der Waals surface area (Å²) in [6.07, 6.45) is 0.299. The quantitative estimate of drug-likeness (QED) is 0.543. The molecule has 0 fully saturated rings. The molecule has 0 spiro atoms. The van der Waals surface area contributed by atoms with Crippen LogP contribution >= 0.6 is 0 Å². The molecule has 0 atom stereocenters. The number of amides is 1. The molecule has 3 nitrogen and oxygen atoms in total. The second kappa shape index (κ2) is 6.65. The lowest BCUT2D eigenvalue weighted by Gasteiger charge is -2.07. The summed E-state index contributed by atoms with van der Waals surface area (Å²) in [6, 6.07) is 27.9. The molecule has 2 N–H and O–H groups in total. The van der Waals surface area contributed by atoms with Crippen molar-refractivity contribution in [2.45, 2.75) is 6.42 Å². The van der Waals surface area contributed by atoms with Crippen LogP contribution in [0, 0.1) is 0 Å². The normalized spacial score (nSPS) is 10.7. The lowest BCUT2D eigenvalue weighted by molar-refractivity contribution is -0.115. The van der Waals surface area contributed by atoms with Gasteiger partial charge in [-0.3, -0.25) is 4.79 Å². The highest BCUT2D eigenvalue weighted by molar-refractivity contribution is 6.00. The Morgan fingerprint density at radius 2 is 1.44 bits per heavy atom. The second-order valence-electron chi connectivity index (χ2n) is 5.98. The Kier molecular flexibility index (Phi) is 4.05. The number of rotatable bonds is 4. The number of nitrogens with one attached hydrogen (secondary N) is 2. The van der Waals surface area contributed by atoms with E-state index in [2.05, 4.69) is 28.5 Å². The lowest BCUT2D eigenvalue weighted by Crippen LogP contribution is -2.14. The minimum absolute atomic E-state index is 0.0325. The lowest BCUT2D eigenvalue weighted by atomic mass is 10.0. The molecule has 0 bridgehead atoms. The van der Waals surface area contributed by atoms with Gasteiger partial charge < -0.3 is 10.3 Å². The number of para-hydroxylation sites is 2. The predicted octanol–water partition coefficient (Wildman–Crippen LogP) is 5.02. The summed E-state index contributed by atoms with van der Waals surface area (Å²) in [5.41, 5.74) is 5.00. The third kappa shape index (κ3) is 3.17. The van der Waals surface area contributed by atoms with Crippen LogP contribution in [0.3, 0.4) is 0 Å². The average Bonchev–Trinajstić information content (AvgIpc) is 3.01. The molecular formula is C22H18N2O. The van der Waals surface area contributed by atoms with Gasteiger partial charge in [0.05, 0.1) is 6.42 Å². The Morgan fingerprint density at radius 3 is 2.20 bits per heavy atom. The third-order valence-electron chi connectivity index (χ3n) is 4.24. The third-order valence-corrected chi connectivity index (χ3v) is 4.24. The van der Waals surface area contributed by atoms with Crippen LogP contribution in [-0.4, -0.2) is 10.9 Å². The van der Waals surface area contributed by atoms with E-state index in [1.54, 1.807) is 0 Å². The number of carbonyl (C=O) groups excluding carboxylic acids is 1. The highest BCUT2D eigenvalue weighted by Crippen LogP contribution is 2.32. The van der Waals surface area contributed by atoms with Crippen molar-refractivity contribution in [1.82, 2.24) is 4.98 Å². The maximum absolute atomic E-state index is 12.5. The van der Waals surface area contributed by atoms with Gasteiger partial charge in [-0.15, -0.1) is 0 Å². The van der Waals surface area contributed by atoms with Crippen LogP contribution in [0.5, 0.6) is 0 Å². The zero-order valence-electron chi connectivity index (χ0n) is 13.7. The van der Waals surface area contributed by atoms with Crippen LogP contribution in [0.15, 0.2) is 84.9 Å². The molecule has 0 aliphatic heterocycles. The molecule has 3 heteroatoms. The molecule has 0 aliphatic carbocycles. The van der Waals surface area contributed by atoms with Crippen LogP contribution in [0.4, 0.5) is 5.69 Å². The molecule has 4 aromatic rings. The number of hydrogen-bond donors (Lipinski definition) is 2. The summed E-state index contributed by atoms with van der Waals surface area (Å²) in [5.74, 6) is -0.0325. The van der Waals surface area contributed by atoms with Crippen molar-refractivity contribution in [2.75, 3.05) is 5.32 Å². The maximum Gasteiger partial charge on any atom is 0.230 e. The molecule has 0 radical (unpaired) electrons. The van der Waals surface area contributed by atoms with Crippen molar-refractivity contribution in [2.24, 2.45) is 0 Å². The highest BCUT2D eigenvalue weighted by atomic mass is 16.1. The molecule has 3 aromatic carbocycles. The van der Waals surface area contributed by atoms with Crippen LogP contribution in [0.1, 0.15) is 5.69 Å². The number of benzene rings is 3. The maximum atomic E-state index is 12.5. The summed E-state index contributed by atoms with van der Waals surface area (Å²) in [5, 5.41) is 4.09. The van der Waals surface area contributed by atoms with Crippen molar-refractivity contribution in [3.8, 4) is 11.1 Å². The van der Waals surface area contributed by atoms with Crippen molar-refractivity contribution < 1.29 is 4.79 Å². The fraction of sp³-hybridized carbons (Fsp3) is 0.0455. The van der Waals surface area contributed by atoms with Gasteiger partial charge in [0, 0.05) is 27.8 Å².